The first-order valence-electron chi connectivity index (χ1n) is 8.73. The summed E-state index contributed by atoms with van der Waals surface area (Å²) in [7, 11) is -0.936. The molecule has 0 aliphatic heterocycles. The smallest absolute Gasteiger partial charge is 0.304 e. The van der Waals surface area contributed by atoms with E-state index < -0.39 is 16.8 Å². The Bertz CT molecular complexity index is 267. The molecule has 0 saturated heterocycles. The topological polar surface area (TPSA) is 54.4 Å². The normalized spacial score (nSPS) is 12.4. The number of unbranched alkanes of at least 4 members (excludes halogenated alkanes) is 11. The molecule has 0 spiro atoms. The van der Waals surface area contributed by atoms with Gasteiger partial charge in [0.1, 0.15) is 0 Å². The van der Waals surface area contributed by atoms with Gasteiger partial charge in [-0.2, -0.15) is 0 Å². The molecule has 0 aromatic carbocycles. The average Bonchev–Trinajstić information content (AvgIpc) is 2.46. The van der Waals surface area contributed by atoms with Crippen LogP contribution in [-0.2, 0) is 15.6 Å². The second-order valence-electron chi connectivity index (χ2n) is 5.88. The monoisotopic (exact) mass is 318 g/mol. The van der Waals surface area contributed by atoms with Gasteiger partial charge < -0.3 is 5.11 Å². The van der Waals surface area contributed by atoms with E-state index in [9.17, 15) is 9.00 Å². The fourth-order valence-electron chi connectivity index (χ4n) is 2.41. The van der Waals surface area contributed by atoms with Gasteiger partial charge in [0, 0.05) is 22.3 Å². The van der Waals surface area contributed by atoms with Crippen molar-refractivity contribution in [2.45, 2.75) is 90.4 Å². The molecule has 1 N–H and O–H groups in total. The molecule has 0 amide bonds. The highest BCUT2D eigenvalue weighted by atomic mass is 32.2. The Kier molecular flexibility index (Phi) is 15.7. The molecule has 0 rings (SSSR count). The molecule has 0 radical (unpaired) electrons. The van der Waals surface area contributed by atoms with Gasteiger partial charge in [0.2, 0.25) is 0 Å². The number of carbonyl (C=O) groups is 1. The molecule has 0 aromatic rings. The number of hydrogen-bond acceptors (Lipinski definition) is 2. The Morgan fingerprint density at radius 1 is 0.762 bits per heavy atom. The van der Waals surface area contributed by atoms with Crippen LogP contribution >= 0.6 is 0 Å². The van der Waals surface area contributed by atoms with Gasteiger partial charge in [-0.3, -0.25) is 9.00 Å². The maximum atomic E-state index is 11.5. The van der Waals surface area contributed by atoms with Crippen LogP contribution in [0.3, 0.4) is 0 Å². The van der Waals surface area contributed by atoms with Crippen LogP contribution < -0.4 is 0 Å². The van der Waals surface area contributed by atoms with Crippen LogP contribution in [0.4, 0.5) is 0 Å². The van der Waals surface area contributed by atoms with E-state index in [1.807, 2.05) is 0 Å². The maximum absolute atomic E-state index is 11.5. The van der Waals surface area contributed by atoms with E-state index in [4.69, 9.17) is 5.11 Å². The van der Waals surface area contributed by atoms with Crippen LogP contribution in [0, 0.1) is 0 Å². The number of aliphatic carboxylic acids is 1. The summed E-state index contributed by atoms with van der Waals surface area (Å²) in [5, 5.41) is 8.50. The van der Waals surface area contributed by atoms with Crippen LogP contribution in [-0.4, -0.2) is 26.8 Å². The van der Waals surface area contributed by atoms with Crippen molar-refractivity contribution in [2.24, 2.45) is 0 Å². The molecule has 0 saturated carbocycles. The third-order valence-corrected chi connectivity index (χ3v) is 5.17. The Hall–Kier alpha value is -0.380. The minimum atomic E-state index is -0.936. The van der Waals surface area contributed by atoms with Gasteiger partial charge in [-0.25, -0.2) is 0 Å². The summed E-state index contributed by atoms with van der Waals surface area (Å²) in [6.07, 6.45) is 15.6. The summed E-state index contributed by atoms with van der Waals surface area (Å²) in [4.78, 5) is 10.3. The van der Waals surface area contributed by atoms with Crippen LogP contribution in [0.5, 0.6) is 0 Å². The first kappa shape index (κ1) is 20.6. The molecule has 0 aliphatic carbocycles. The molecule has 3 nitrogen and oxygen atoms in total. The SMILES string of the molecule is CCCCCCCCCCCCCCS(=O)CCC(=O)O. The summed E-state index contributed by atoms with van der Waals surface area (Å²) < 4.78 is 11.5. The number of carboxylic acids is 1. The minimum Gasteiger partial charge on any atom is -0.481 e. The third kappa shape index (κ3) is 17.6. The zero-order chi connectivity index (χ0) is 15.8. The van der Waals surface area contributed by atoms with Gasteiger partial charge in [0.05, 0.1) is 6.42 Å². The summed E-state index contributed by atoms with van der Waals surface area (Å²) in [6, 6.07) is 0. The van der Waals surface area contributed by atoms with Crippen LogP contribution in [0.25, 0.3) is 0 Å². The molecular weight excluding hydrogens is 284 g/mol. The molecule has 0 heterocycles. The van der Waals surface area contributed by atoms with Crippen molar-refractivity contribution in [2.75, 3.05) is 11.5 Å². The summed E-state index contributed by atoms with van der Waals surface area (Å²) in [5.41, 5.74) is 0. The lowest BCUT2D eigenvalue weighted by atomic mass is 10.1. The van der Waals surface area contributed by atoms with Crippen molar-refractivity contribution in [3.05, 3.63) is 0 Å². The van der Waals surface area contributed by atoms with E-state index in [2.05, 4.69) is 6.92 Å². The molecule has 0 aliphatic rings. The van der Waals surface area contributed by atoms with E-state index in [0.29, 0.717) is 11.5 Å². The zero-order valence-corrected chi connectivity index (χ0v) is 14.6. The van der Waals surface area contributed by atoms with Crippen LogP contribution in [0.1, 0.15) is 90.4 Å². The van der Waals surface area contributed by atoms with E-state index in [0.717, 1.165) is 12.8 Å². The van der Waals surface area contributed by atoms with Gasteiger partial charge in [-0.15, -0.1) is 0 Å². The van der Waals surface area contributed by atoms with Gasteiger partial charge in [-0.1, -0.05) is 77.6 Å². The Morgan fingerprint density at radius 2 is 1.19 bits per heavy atom. The predicted molar refractivity (Wildman–Crippen MR) is 91.2 cm³/mol. The quantitative estimate of drug-likeness (QED) is 0.411. The molecule has 0 bridgehead atoms. The van der Waals surface area contributed by atoms with E-state index >= 15 is 0 Å². The van der Waals surface area contributed by atoms with Gasteiger partial charge >= 0.3 is 5.97 Å². The largest absolute Gasteiger partial charge is 0.481 e. The highest BCUT2D eigenvalue weighted by Gasteiger charge is 2.03. The summed E-state index contributed by atoms with van der Waals surface area (Å²) in [5.74, 6) is 0.135. The lowest BCUT2D eigenvalue weighted by molar-refractivity contribution is -0.136. The van der Waals surface area contributed by atoms with Gasteiger partial charge in [-0.05, 0) is 6.42 Å². The zero-order valence-electron chi connectivity index (χ0n) is 13.8. The third-order valence-electron chi connectivity index (χ3n) is 3.77. The molecule has 0 aromatic heterocycles. The van der Waals surface area contributed by atoms with Crippen molar-refractivity contribution >= 4 is 16.8 Å². The average molecular weight is 319 g/mol. The van der Waals surface area contributed by atoms with Crippen molar-refractivity contribution in [1.29, 1.82) is 0 Å². The summed E-state index contributed by atoms with van der Waals surface area (Å²) in [6.45, 7) is 2.25. The Balaban J connectivity index is 3.12. The fraction of sp³-hybridized carbons (Fsp3) is 0.941. The highest BCUT2D eigenvalue weighted by molar-refractivity contribution is 7.84. The molecule has 126 valence electrons. The molecular formula is C17H34O3S. The lowest BCUT2D eigenvalue weighted by Crippen LogP contribution is -2.07. The minimum absolute atomic E-state index is 0.0326. The van der Waals surface area contributed by atoms with E-state index in [1.165, 1.54) is 64.2 Å². The van der Waals surface area contributed by atoms with Crippen LogP contribution in [0.15, 0.2) is 0 Å². The first-order valence-corrected chi connectivity index (χ1v) is 10.2. The fourth-order valence-corrected chi connectivity index (χ4v) is 3.54. The van der Waals surface area contributed by atoms with Crippen LogP contribution in [0.2, 0.25) is 0 Å². The highest BCUT2D eigenvalue weighted by Crippen LogP contribution is 2.12. The van der Waals surface area contributed by atoms with Crippen molar-refractivity contribution in [3.8, 4) is 0 Å². The molecule has 0 fully saturated rings. The maximum Gasteiger partial charge on any atom is 0.304 e. The summed E-state index contributed by atoms with van der Waals surface area (Å²) >= 11 is 0. The van der Waals surface area contributed by atoms with E-state index in [1.54, 1.807) is 0 Å². The lowest BCUT2D eigenvalue weighted by Gasteiger charge is -2.03. The van der Waals surface area contributed by atoms with Crippen molar-refractivity contribution in [3.63, 3.8) is 0 Å². The Morgan fingerprint density at radius 3 is 1.62 bits per heavy atom. The van der Waals surface area contributed by atoms with Crippen molar-refractivity contribution < 1.29 is 14.1 Å². The second kappa shape index (κ2) is 16.0. The van der Waals surface area contributed by atoms with Gasteiger partial charge in [0.15, 0.2) is 0 Å². The molecule has 21 heavy (non-hydrogen) atoms. The van der Waals surface area contributed by atoms with E-state index in [-0.39, 0.29) is 6.42 Å². The number of rotatable bonds is 16. The second-order valence-corrected chi connectivity index (χ2v) is 7.58. The number of carboxylic acid groups (broad SMARTS) is 1. The standard InChI is InChI=1S/C17H34O3S/c1-2-3-4-5-6-7-8-9-10-11-12-13-15-21(20)16-14-17(18)19/h2-16H2,1H3,(H,18,19). The first-order chi connectivity index (χ1) is 10.2. The molecule has 1 unspecified atom stereocenters. The Labute approximate surface area is 133 Å². The molecule has 4 heteroatoms. The predicted octanol–water partition coefficient (Wildman–Crippen LogP) is 4.91. The number of hydrogen-bond donors (Lipinski definition) is 1. The van der Waals surface area contributed by atoms with Gasteiger partial charge in [0.25, 0.3) is 0 Å². The van der Waals surface area contributed by atoms with Crippen molar-refractivity contribution in [1.82, 2.24) is 0 Å². The molecule has 1 atom stereocenters.